The van der Waals surface area contributed by atoms with Crippen molar-refractivity contribution >= 4 is 11.6 Å². The molecule has 1 saturated carbocycles. The van der Waals surface area contributed by atoms with Gasteiger partial charge in [0.1, 0.15) is 5.75 Å². The summed E-state index contributed by atoms with van der Waals surface area (Å²) < 4.78 is 0. The molecule has 2 nitrogen and oxygen atoms in total. The number of benzene rings is 1. The zero-order chi connectivity index (χ0) is 9.47. The van der Waals surface area contributed by atoms with E-state index >= 15 is 0 Å². The van der Waals surface area contributed by atoms with Crippen LogP contribution in [0.5, 0.6) is 5.75 Å². The first kappa shape index (κ1) is 8.85. The molecule has 0 unspecified atom stereocenters. The lowest BCUT2D eigenvalue weighted by Crippen LogP contribution is -2.19. The van der Waals surface area contributed by atoms with Crippen LogP contribution in [0, 0.1) is 0 Å². The Morgan fingerprint density at radius 2 is 2.15 bits per heavy atom. The Bertz CT molecular complexity index is 334. The van der Waals surface area contributed by atoms with Gasteiger partial charge >= 0.3 is 0 Å². The Morgan fingerprint density at radius 3 is 2.69 bits per heavy atom. The number of hydrogen-bond donors (Lipinski definition) is 2. The van der Waals surface area contributed by atoms with E-state index in [1.54, 1.807) is 12.1 Å². The highest BCUT2D eigenvalue weighted by atomic mass is 35.5. The van der Waals surface area contributed by atoms with E-state index in [1.165, 1.54) is 0 Å². The van der Waals surface area contributed by atoms with E-state index in [9.17, 15) is 5.11 Å². The first-order valence-electron chi connectivity index (χ1n) is 4.37. The van der Waals surface area contributed by atoms with Crippen molar-refractivity contribution in [3.8, 4) is 5.75 Å². The Kier molecular flexibility index (Phi) is 1.97. The van der Waals surface area contributed by atoms with Gasteiger partial charge in [-0.2, -0.15) is 0 Å². The molecule has 2 rings (SSSR count). The lowest BCUT2D eigenvalue weighted by atomic mass is 9.95. The molecular weight excluding hydrogens is 186 g/mol. The summed E-state index contributed by atoms with van der Waals surface area (Å²) in [6.07, 6.45) is 2.11. The van der Waals surface area contributed by atoms with Gasteiger partial charge < -0.3 is 10.8 Å². The van der Waals surface area contributed by atoms with Gasteiger partial charge in [-0.25, -0.2) is 0 Å². The molecule has 70 valence electrons. The van der Waals surface area contributed by atoms with Crippen LogP contribution in [0.3, 0.4) is 0 Å². The molecule has 1 aromatic carbocycles. The molecule has 0 bridgehead atoms. The van der Waals surface area contributed by atoms with E-state index in [0.29, 0.717) is 17.3 Å². The van der Waals surface area contributed by atoms with E-state index in [2.05, 4.69) is 0 Å². The maximum Gasteiger partial charge on any atom is 0.119 e. The van der Waals surface area contributed by atoms with Crippen molar-refractivity contribution in [2.45, 2.75) is 18.3 Å². The summed E-state index contributed by atoms with van der Waals surface area (Å²) in [5.41, 5.74) is 6.58. The topological polar surface area (TPSA) is 46.2 Å². The average Bonchev–Trinajstić information content (AvgIpc) is 2.90. The summed E-state index contributed by atoms with van der Waals surface area (Å²) in [6, 6.07) is 5.14. The fourth-order valence-electron chi connectivity index (χ4n) is 1.67. The van der Waals surface area contributed by atoms with Crippen molar-refractivity contribution in [1.29, 1.82) is 0 Å². The SMILES string of the molecule is NCC1(c2cc(Cl)ccc2O)CC1. The van der Waals surface area contributed by atoms with Crippen LogP contribution >= 0.6 is 11.6 Å². The molecule has 0 aromatic heterocycles. The molecule has 0 atom stereocenters. The molecule has 1 aromatic rings. The lowest BCUT2D eigenvalue weighted by molar-refractivity contribution is 0.459. The van der Waals surface area contributed by atoms with Gasteiger partial charge in [-0.1, -0.05) is 11.6 Å². The molecule has 1 aliphatic rings. The molecule has 1 fully saturated rings. The maximum atomic E-state index is 9.63. The third-order valence-electron chi connectivity index (χ3n) is 2.77. The van der Waals surface area contributed by atoms with Crippen molar-refractivity contribution < 1.29 is 5.11 Å². The summed E-state index contributed by atoms with van der Waals surface area (Å²) in [7, 11) is 0. The molecule has 0 amide bonds. The van der Waals surface area contributed by atoms with Crippen molar-refractivity contribution in [3.63, 3.8) is 0 Å². The predicted molar refractivity (Wildman–Crippen MR) is 53.1 cm³/mol. The molecule has 13 heavy (non-hydrogen) atoms. The zero-order valence-electron chi connectivity index (χ0n) is 7.26. The van der Waals surface area contributed by atoms with E-state index < -0.39 is 0 Å². The third-order valence-corrected chi connectivity index (χ3v) is 3.01. The second kappa shape index (κ2) is 2.89. The molecule has 1 aliphatic carbocycles. The van der Waals surface area contributed by atoms with Gasteiger partial charge in [-0.15, -0.1) is 0 Å². The number of nitrogens with two attached hydrogens (primary N) is 1. The summed E-state index contributed by atoms with van der Waals surface area (Å²) in [6.45, 7) is 0.584. The molecule has 3 N–H and O–H groups in total. The van der Waals surface area contributed by atoms with Gasteiger partial charge in [0.2, 0.25) is 0 Å². The lowest BCUT2D eigenvalue weighted by Gasteiger charge is -2.14. The molecular formula is C10H12ClNO. The standard InChI is InChI=1S/C10H12ClNO/c11-7-1-2-9(13)8(5-7)10(6-12)3-4-10/h1-2,5,13H,3-4,6,12H2. The molecule has 3 heteroatoms. The van der Waals surface area contributed by atoms with Gasteiger partial charge in [0, 0.05) is 22.5 Å². The number of rotatable bonds is 2. The Labute approximate surface area is 82.3 Å². The van der Waals surface area contributed by atoms with Gasteiger partial charge in [-0.05, 0) is 31.0 Å². The summed E-state index contributed by atoms with van der Waals surface area (Å²) >= 11 is 5.86. The van der Waals surface area contributed by atoms with Crippen molar-refractivity contribution in [2.75, 3.05) is 6.54 Å². The summed E-state index contributed by atoms with van der Waals surface area (Å²) in [4.78, 5) is 0. The third kappa shape index (κ3) is 1.40. The van der Waals surface area contributed by atoms with Gasteiger partial charge in [0.15, 0.2) is 0 Å². The molecule has 0 heterocycles. The summed E-state index contributed by atoms with van der Waals surface area (Å²) in [5.74, 6) is 0.312. The summed E-state index contributed by atoms with van der Waals surface area (Å²) in [5, 5.41) is 10.3. The van der Waals surface area contributed by atoms with E-state index in [0.717, 1.165) is 18.4 Å². The van der Waals surface area contributed by atoms with Crippen molar-refractivity contribution in [1.82, 2.24) is 0 Å². The molecule has 0 radical (unpaired) electrons. The van der Waals surface area contributed by atoms with Gasteiger partial charge in [-0.3, -0.25) is 0 Å². The van der Waals surface area contributed by atoms with Crippen molar-refractivity contribution in [2.24, 2.45) is 5.73 Å². The average molecular weight is 198 g/mol. The number of aromatic hydroxyl groups is 1. The number of hydrogen-bond acceptors (Lipinski definition) is 2. The van der Waals surface area contributed by atoms with Crippen LogP contribution in [0.1, 0.15) is 18.4 Å². The second-order valence-corrected chi connectivity index (χ2v) is 4.08. The Hall–Kier alpha value is -0.730. The van der Waals surface area contributed by atoms with E-state index in [1.807, 2.05) is 6.07 Å². The normalized spacial score (nSPS) is 18.6. The fraction of sp³-hybridized carbons (Fsp3) is 0.400. The molecule has 0 spiro atoms. The monoisotopic (exact) mass is 197 g/mol. The van der Waals surface area contributed by atoms with Gasteiger partial charge in [0.25, 0.3) is 0 Å². The number of phenolic OH excluding ortho intramolecular Hbond substituents is 1. The zero-order valence-corrected chi connectivity index (χ0v) is 8.01. The van der Waals surface area contributed by atoms with Crippen LogP contribution in [-0.4, -0.2) is 11.7 Å². The van der Waals surface area contributed by atoms with Crippen LogP contribution in [0.25, 0.3) is 0 Å². The number of phenols is 1. The van der Waals surface area contributed by atoms with Gasteiger partial charge in [0.05, 0.1) is 0 Å². The number of halogens is 1. The van der Waals surface area contributed by atoms with Crippen LogP contribution < -0.4 is 5.73 Å². The first-order chi connectivity index (χ1) is 6.18. The van der Waals surface area contributed by atoms with Crippen LogP contribution in [-0.2, 0) is 5.41 Å². The minimum atomic E-state index is 0.00891. The highest BCUT2D eigenvalue weighted by Crippen LogP contribution is 2.50. The highest BCUT2D eigenvalue weighted by molar-refractivity contribution is 6.30. The second-order valence-electron chi connectivity index (χ2n) is 3.65. The smallest absolute Gasteiger partial charge is 0.119 e. The molecule has 0 aliphatic heterocycles. The Morgan fingerprint density at radius 1 is 1.46 bits per heavy atom. The molecule has 0 saturated heterocycles. The quantitative estimate of drug-likeness (QED) is 0.762. The predicted octanol–water partition coefficient (Wildman–Crippen LogP) is 2.04. The van der Waals surface area contributed by atoms with E-state index in [4.69, 9.17) is 17.3 Å². The van der Waals surface area contributed by atoms with Crippen LogP contribution in [0.2, 0.25) is 5.02 Å². The maximum absolute atomic E-state index is 9.63. The first-order valence-corrected chi connectivity index (χ1v) is 4.75. The minimum Gasteiger partial charge on any atom is -0.508 e. The Balaban J connectivity index is 2.44. The highest BCUT2D eigenvalue weighted by Gasteiger charge is 2.44. The largest absolute Gasteiger partial charge is 0.508 e. The minimum absolute atomic E-state index is 0.00891. The van der Waals surface area contributed by atoms with Crippen molar-refractivity contribution in [3.05, 3.63) is 28.8 Å². The fourth-order valence-corrected chi connectivity index (χ4v) is 1.84. The van der Waals surface area contributed by atoms with E-state index in [-0.39, 0.29) is 5.41 Å². The van der Waals surface area contributed by atoms with Crippen LogP contribution in [0.4, 0.5) is 0 Å². The van der Waals surface area contributed by atoms with Crippen LogP contribution in [0.15, 0.2) is 18.2 Å².